The van der Waals surface area contributed by atoms with E-state index < -0.39 is 9.84 Å². The van der Waals surface area contributed by atoms with Gasteiger partial charge in [0.1, 0.15) is 0 Å². The standard InChI is InChI=1S/C19H29N3O3S/c1-13(2)10-21-7-8-22(18-12-26(24,25)11-17(18)21)19(23)20-16-6-5-14(3)15(4)9-16/h5-6,9,13,17-18H,7-8,10-12H2,1-4H3,(H,20,23). The first-order chi connectivity index (χ1) is 12.2. The molecule has 6 nitrogen and oxygen atoms in total. The molecule has 0 aliphatic carbocycles. The molecule has 0 radical (unpaired) electrons. The molecule has 1 aromatic rings. The van der Waals surface area contributed by atoms with Crippen LogP contribution in [0.2, 0.25) is 0 Å². The van der Waals surface area contributed by atoms with Crippen molar-refractivity contribution < 1.29 is 13.2 Å². The predicted octanol–water partition coefficient (Wildman–Crippen LogP) is 2.27. The quantitative estimate of drug-likeness (QED) is 0.875. The van der Waals surface area contributed by atoms with Gasteiger partial charge >= 0.3 is 6.03 Å². The van der Waals surface area contributed by atoms with Crippen LogP contribution in [-0.4, -0.2) is 67.5 Å². The number of amides is 2. The average Bonchev–Trinajstić information content (AvgIpc) is 2.86. The third-order valence-corrected chi connectivity index (χ3v) is 7.11. The fourth-order valence-electron chi connectivity index (χ4n) is 3.99. The molecule has 1 aromatic carbocycles. The zero-order valence-corrected chi connectivity index (χ0v) is 16.8. The Balaban J connectivity index is 1.77. The van der Waals surface area contributed by atoms with Gasteiger partial charge < -0.3 is 10.2 Å². The molecule has 2 unspecified atom stereocenters. The Morgan fingerprint density at radius 3 is 2.50 bits per heavy atom. The van der Waals surface area contributed by atoms with Gasteiger partial charge in [-0.1, -0.05) is 19.9 Å². The maximum Gasteiger partial charge on any atom is 0.322 e. The van der Waals surface area contributed by atoms with E-state index in [9.17, 15) is 13.2 Å². The molecule has 2 fully saturated rings. The lowest BCUT2D eigenvalue weighted by Crippen LogP contribution is -2.61. The Morgan fingerprint density at radius 1 is 1.15 bits per heavy atom. The second kappa shape index (κ2) is 7.19. The van der Waals surface area contributed by atoms with Gasteiger partial charge in [-0.05, 0) is 43.0 Å². The van der Waals surface area contributed by atoms with Gasteiger partial charge in [0.15, 0.2) is 9.84 Å². The Hall–Kier alpha value is -1.60. The molecule has 0 aromatic heterocycles. The number of rotatable bonds is 3. The number of hydrogen-bond acceptors (Lipinski definition) is 4. The van der Waals surface area contributed by atoms with E-state index in [0.717, 1.165) is 24.3 Å². The van der Waals surface area contributed by atoms with Gasteiger partial charge in [-0.2, -0.15) is 0 Å². The van der Waals surface area contributed by atoms with Crippen molar-refractivity contribution in [2.75, 3.05) is 36.5 Å². The third kappa shape index (κ3) is 4.04. The molecule has 2 saturated heterocycles. The van der Waals surface area contributed by atoms with Gasteiger partial charge in [0.25, 0.3) is 0 Å². The number of nitrogens with one attached hydrogen (secondary N) is 1. The van der Waals surface area contributed by atoms with Gasteiger partial charge in [0.2, 0.25) is 0 Å². The van der Waals surface area contributed by atoms with Crippen LogP contribution in [0.15, 0.2) is 18.2 Å². The van der Waals surface area contributed by atoms with Crippen LogP contribution in [0, 0.1) is 19.8 Å². The van der Waals surface area contributed by atoms with E-state index in [1.165, 1.54) is 5.56 Å². The van der Waals surface area contributed by atoms with Crippen LogP contribution in [0.3, 0.4) is 0 Å². The zero-order valence-electron chi connectivity index (χ0n) is 16.0. The van der Waals surface area contributed by atoms with Crippen LogP contribution in [0.25, 0.3) is 0 Å². The summed E-state index contributed by atoms with van der Waals surface area (Å²) in [6.45, 7) is 10.4. The highest BCUT2D eigenvalue weighted by molar-refractivity contribution is 7.91. The fraction of sp³-hybridized carbons (Fsp3) is 0.632. The summed E-state index contributed by atoms with van der Waals surface area (Å²) in [6.07, 6.45) is 0. The van der Waals surface area contributed by atoms with E-state index in [4.69, 9.17) is 0 Å². The third-order valence-electron chi connectivity index (χ3n) is 5.41. The van der Waals surface area contributed by atoms with Gasteiger partial charge in [-0.15, -0.1) is 0 Å². The van der Waals surface area contributed by atoms with Gasteiger partial charge in [-0.25, -0.2) is 13.2 Å². The van der Waals surface area contributed by atoms with Crippen molar-refractivity contribution in [1.82, 2.24) is 9.80 Å². The molecule has 3 rings (SSSR count). The maximum atomic E-state index is 12.8. The Labute approximate surface area is 156 Å². The van der Waals surface area contributed by atoms with Gasteiger partial charge in [0.05, 0.1) is 17.5 Å². The minimum Gasteiger partial charge on any atom is -0.318 e. The fourth-order valence-corrected chi connectivity index (χ4v) is 6.00. The summed E-state index contributed by atoms with van der Waals surface area (Å²) < 4.78 is 24.5. The number of nitrogens with zero attached hydrogens (tertiary/aromatic N) is 2. The smallest absolute Gasteiger partial charge is 0.318 e. The van der Waals surface area contributed by atoms with Gasteiger partial charge in [0, 0.05) is 31.4 Å². The molecular weight excluding hydrogens is 350 g/mol. The van der Waals surface area contributed by atoms with E-state index >= 15 is 0 Å². The van der Waals surface area contributed by atoms with Crippen molar-refractivity contribution >= 4 is 21.6 Å². The average molecular weight is 380 g/mol. The summed E-state index contributed by atoms with van der Waals surface area (Å²) >= 11 is 0. The molecule has 26 heavy (non-hydrogen) atoms. The number of hydrogen-bond donors (Lipinski definition) is 1. The van der Waals surface area contributed by atoms with E-state index in [0.29, 0.717) is 12.5 Å². The van der Waals surface area contributed by atoms with Crippen molar-refractivity contribution in [3.05, 3.63) is 29.3 Å². The van der Waals surface area contributed by atoms with Crippen LogP contribution in [-0.2, 0) is 9.84 Å². The number of piperazine rings is 1. The van der Waals surface area contributed by atoms with Crippen molar-refractivity contribution in [2.24, 2.45) is 5.92 Å². The molecule has 2 amide bonds. The monoisotopic (exact) mass is 379 g/mol. The first-order valence-electron chi connectivity index (χ1n) is 9.25. The highest BCUT2D eigenvalue weighted by Crippen LogP contribution is 2.28. The minimum atomic E-state index is -3.11. The van der Waals surface area contributed by atoms with Crippen LogP contribution >= 0.6 is 0 Å². The zero-order chi connectivity index (χ0) is 19.1. The Bertz CT molecular complexity index is 791. The Kier molecular flexibility index (Phi) is 5.30. The number of urea groups is 1. The molecule has 1 N–H and O–H groups in total. The summed E-state index contributed by atoms with van der Waals surface area (Å²) in [5, 5.41) is 2.95. The first-order valence-corrected chi connectivity index (χ1v) is 11.1. The number of aryl methyl sites for hydroxylation is 2. The molecule has 2 atom stereocenters. The minimum absolute atomic E-state index is 0.0621. The summed E-state index contributed by atoms with van der Waals surface area (Å²) in [7, 11) is -3.11. The Morgan fingerprint density at radius 2 is 1.85 bits per heavy atom. The van der Waals surface area contributed by atoms with Crippen molar-refractivity contribution in [1.29, 1.82) is 0 Å². The molecule has 0 saturated carbocycles. The molecule has 2 heterocycles. The number of carbonyl (C=O) groups is 1. The van der Waals surface area contributed by atoms with Crippen molar-refractivity contribution in [3.63, 3.8) is 0 Å². The normalized spacial score (nSPS) is 25.3. The van der Waals surface area contributed by atoms with Crippen LogP contribution < -0.4 is 5.32 Å². The van der Waals surface area contributed by atoms with Crippen molar-refractivity contribution in [3.8, 4) is 0 Å². The number of carbonyl (C=O) groups excluding carboxylic acids is 1. The summed E-state index contributed by atoms with van der Waals surface area (Å²) in [5.74, 6) is 0.680. The first kappa shape index (κ1) is 19.2. The molecule has 7 heteroatoms. The highest BCUT2D eigenvalue weighted by atomic mass is 32.2. The largest absolute Gasteiger partial charge is 0.322 e. The van der Waals surface area contributed by atoms with E-state index in [1.54, 1.807) is 4.90 Å². The van der Waals surface area contributed by atoms with E-state index in [-0.39, 0.29) is 29.6 Å². The van der Waals surface area contributed by atoms with E-state index in [1.807, 2.05) is 32.0 Å². The number of anilines is 1. The number of sulfone groups is 1. The van der Waals surface area contributed by atoms with E-state index in [2.05, 4.69) is 24.1 Å². The molecule has 2 aliphatic rings. The molecule has 2 aliphatic heterocycles. The molecule has 0 bridgehead atoms. The number of fused-ring (bicyclic) bond motifs is 1. The second-order valence-corrected chi connectivity index (χ2v) is 10.2. The SMILES string of the molecule is Cc1ccc(NC(=O)N2CCN(CC(C)C)C3CS(=O)(=O)CC32)cc1C. The summed E-state index contributed by atoms with van der Waals surface area (Å²) in [6, 6.07) is 5.25. The topological polar surface area (TPSA) is 69.7 Å². The summed E-state index contributed by atoms with van der Waals surface area (Å²) in [4.78, 5) is 16.8. The lowest BCUT2D eigenvalue weighted by Gasteiger charge is -2.44. The van der Waals surface area contributed by atoms with Crippen LogP contribution in [0.5, 0.6) is 0 Å². The summed E-state index contributed by atoms with van der Waals surface area (Å²) in [5.41, 5.74) is 3.04. The van der Waals surface area contributed by atoms with Gasteiger partial charge in [-0.3, -0.25) is 4.90 Å². The number of benzene rings is 1. The van der Waals surface area contributed by atoms with Crippen LogP contribution in [0.4, 0.5) is 10.5 Å². The van der Waals surface area contributed by atoms with Crippen LogP contribution in [0.1, 0.15) is 25.0 Å². The molecule has 144 valence electrons. The maximum absolute atomic E-state index is 12.8. The lowest BCUT2D eigenvalue weighted by molar-refractivity contribution is 0.0625. The second-order valence-electron chi connectivity index (χ2n) is 8.02. The molecule has 0 spiro atoms. The highest BCUT2D eigenvalue weighted by Gasteiger charge is 2.48. The lowest BCUT2D eigenvalue weighted by atomic mass is 10.0. The van der Waals surface area contributed by atoms with Crippen molar-refractivity contribution in [2.45, 2.75) is 39.8 Å². The molecular formula is C19H29N3O3S. The predicted molar refractivity (Wildman–Crippen MR) is 104 cm³/mol.